The lowest BCUT2D eigenvalue weighted by atomic mass is 9.99. The van der Waals surface area contributed by atoms with Gasteiger partial charge in [0.25, 0.3) is 5.69 Å². The van der Waals surface area contributed by atoms with E-state index >= 15 is 0 Å². The maximum atomic E-state index is 13.1. The van der Waals surface area contributed by atoms with E-state index in [1.165, 1.54) is 29.3 Å². The van der Waals surface area contributed by atoms with Crippen LogP contribution >= 0.6 is 11.6 Å². The summed E-state index contributed by atoms with van der Waals surface area (Å²) in [5, 5.41) is 11.0. The Morgan fingerprint density at radius 3 is 2.59 bits per heavy atom. The predicted molar refractivity (Wildman–Crippen MR) is 104 cm³/mol. The molecule has 0 amide bonds. The zero-order valence-electron chi connectivity index (χ0n) is 15.5. The van der Waals surface area contributed by atoms with Crippen LogP contribution < -0.4 is 0 Å². The highest BCUT2D eigenvalue weighted by Gasteiger charge is 2.36. The first-order chi connectivity index (χ1) is 12.8. The third-order valence-electron chi connectivity index (χ3n) is 5.70. The molecule has 1 aromatic carbocycles. The molecule has 0 unspecified atom stereocenters. The van der Waals surface area contributed by atoms with Crippen molar-refractivity contribution in [1.29, 1.82) is 0 Å². The van der Waals surface area contributed by atoms with Gasteiger partial charge in [0.15, 0.2) is 0 Å². The number of sulfonamides is 1. The van der Waals surface area contributed by atoms with Crippen LogP contribution in [0.3, 0.4) is 0 Å². The van der Waals surface area contributed by atoms with Crippen molar-refractivity contribution in [3.63, 3.8) is 0 Å². The van der Waals surface area contributed by atoms with Gasteiger partial charge in [0, 0.05) is 18.7 Å². The second-order valence-corrected chi connectivity index (χ2v) is 9.89. The molecule has 1 aromatic rings. The maximum Gasteiger partial charge on any atom is 0.289 e. The molecule has 1 atom stereocenters. The van der Waals surface area contributed by atoms with Crippen molar-refractivity contribution in [3.05, 3.63) is 33.3 Å². The summed E-state index contributed by atoms with van der Waals surface area (Å²) in [6.45, 7) is 5.77. The predicted octanol–water partition coefficient (Wildman–Crippen LogP) is 3.52. The molecule has 3 rings (SSSR count). The van der Waals surface area contributed by atoms with Gasteiger partial charge in [0.2, 0.25) is 10.0 Å². The number of hydrogen-bond donors (Lipinski definition) is 0. The van der Waals surface area contributed by atoms with E-state index < -0.39 is 14.9 Å². The Kier molecular flexibility index (Phi) is 6.40. The number of nitro groups is 1. The number of halogens is 1. The molecule has 7 nitrogen and oxygen atoms in total. The van der Waals surface area contributed by atoms with E-state index in [0.29, 0.717) is 6.54 Å². The van der Waals surface area contributed by atoms with Crippen LogP contribution in [0.5, 0.6) is 0 Å². The molecule has 9 heteroatoms. The van der Waals surface area contributed by atoms with E-state index in [-0.39, 0.29) is 21.6 Å². The number of likely N-dealkylation sites (tertiary alicyclic amines) is 1. The Morgan fingerprint density at radius 2 is 1.93 bits per heavy atom. The molecule has 2 heterocycles. The molecule has 2 aliphatic rings. The molecule has 0 saturated carbocycles. The van der Waals surface area contributed by atoms with Gasteiger partial charge >= 0.3 is 0 Å². The van der Waals surface area contributed by atoms with E-state index in [0.717, 1.165) is 50.9 Å². The fourth-order valence-corrected chi connectivity index (χ4v) is 5.89. The zero-order chi connectivity index (χ0) is 19.6. The monoisotopic (exact) mass is 415 g/mol. The van der Waals surface area contributed by atoms with E-state index in [1.54, 1.807) is 0 Å². The van der Waals surface area contributed by atoms with Crippen molar-refractivity contribution in [2.24, 2.45) is 5.92 Å². The molecule has 150 valence electrons. The van der Waals surface area contributed by atoms with Crippen LogP contribution in [0.1, 0.15) is 39.0 Å². The lowest BCUT2D eigenvalue weighted by Crippen LogP contribution is -2.40. The van der Waals surface area contributed by atoms with E-state index in [2.05, 4.69) is 11.8 Å². The molecule has 0 spiro atoms. The summed E-state index contributed by atoms with van der Waals surface area (Å²) in [7, 11) is -3.77. The molecule has 0 bridgehead atoms. The van der Waals surface area contributed by atoms with Crippen molar-refractivity contribution < 1.29 is 13.3 Å². The van der Waals surface area contributed by atoms with Gasteiger partial charge in [-0.1, -0.05) is 18.5 Å². The topological polar surface area (TPSA) is 83.8 Å². The Balaban J connectivity index is 1.71. The molecule has 0 aromatic heterocycles. The summed E-state index contributed by atoms with van der Waals surface area (Å²) >= 11 is 5.82. The quantitative estimate of drug-likeness (QED) is 0.524. The second kappa shape index (κ2) is 8.43. The minimum atomic E-state index is -3.77. The SMILES string of the molecule is CC1CCN(CC[C@H]2CCCN2S(=O)(=O)c2ccc(Cl)c([N+](=O)[O-])c2)CC1. The number of piperidine rings is 1. The van der Waals surface area contributed by atoms with E-state index in [1.807, 2.05) is 0 Å². The first kappa shape index (κ1) is 20.5. The van der Waals surface area contributed by atoms with Crippen molar-refractivity contribution in [2.45, 2.75) is 50.0 Å². The standard InChI is InChI=1S/C18H26ClN3O4S/c1-14-6-10-20(11-7-14)12-8-15-3-2-9-21(15)27(25,26)16-4-5-17(19)18(13-16)22(23)24/h4-5,13-15H,2-3,6-12H2,1H3/t15-/m1/s1. The van der Waals surface area contributed by atoms with Crippen LogP contribution in [-0.4, -0.2) is 54.8 Å². The second-order valence-electron chi connectivity index (χ2n) is 7.59. The third kappa shape index (κ3) is 4.62. The Labute approximate surface area is 165 Å². The fraction of sp³-hybridized carbons (Fsp3) is 0.667. The first-order valence-electron chi connectivity index (χ1n) is 9.47. The van der Waals surface area contributed by atoms with Gasteiger partial charge in [-0.15, -0.1) is 0 Å². The van der Waals surface area contributed by atoms with Gasteiger partial charge in [0.05, 0.1) is 9.82 Å². The summed E-state index contributed by atoms with van der Waals surface area (Å²) in [5.74, 6) is 0.769. The highest BCUT2D eigenvalue weighted by molar-refractivity contribution is 7.89. The first-order valence-corrected chi connectivity index (χ1v) is 11.3. The fourth-order valence-electron chi connectivity index (χ4n) is 3.96. The summed E-state index contributed by atoms with van der Waals surface area (Å²) in [6, 6.07) is 3.65. The molecule has 27 heavy (non-hydrogen) atoms. The van der Waals surface area contributed by atoms with Crippen molar-refractivity contribution in [1.82, 2.24) is 9.21 Å². The van der Waals surface area contributed by atoms with Gasteiger partial charge in [-0.25, -0.2) is 8.42 Å². The average molecular weight is 416 g/mol. The number of benzene rings is 1. The Bertz CT molecular complexity index is 794. The van der Waals surface area contributed by atoms with Gasteiger partial charge in [-0.2, -0.15) is 4.31 Å². The van der Waals surface area contributed by atoms with Crippen LogP contribution in [0.2, 0.25) is 5.02 Å². The molecule has 0 N–H and O–H groups in total. The van der Waals surface area contributed by atoms with Gasteiger partial charge in [-0.05, 0) is 69.8 Å². The number of nitrogens with zero attached hydrogens (tertiary/aromatic N) is 3. The van der Waals surface area contributed by atoms with Crippen molar-refractivity contribution in [2.75, 3.05) is 26.2 Å². The highest BCUT2D eigenvalue weighted by Crippen LogP contribution is 2.32. The van der Waals surface area contributed by atoms with Crippen LogP contribution in [0.4, 0.5) is 5.69 Å². The molecule has 2 aliphatic heterocycles. The molecule has 2 fully saturated rings. The summed E-state index contributed by atoms with van der Waals surface area (Å²) < 4.78 is 27.7. The smallest absolute Gasteiger partial charge is 0.289 e. The zero-order valence-corrected chi connectivity index (χ0v) is 17.1. The largest absolute Gasteiger partial charge is 0.303 e. The van der Waals surface area contributed by atoms with Crippen LogP contribution in [0.15, 0.2) is 23.1 Å². The van der Waals surface area contributed by atoms with Crippen LogP contribution in [0.25, 0.3) is 0 Å². The lowest BCUT2D eigenvalue weighted by molar-refractivity contribution is -0.384. The highest BCUT2D eigenvalue weighted by atomic mass is 35.5. The summed E-state index contributed by atoms with van der Waals surface area (Å²) in [4.78, 5) is 12.8. The van der Waals surface area contributed by atoms with Gasteiger partial charge < -0.3 is 4.90 Å². The number of hydrogen-bond acceptors (Lipinski definition) is 5. The molecule has 0 radical (unpaired) electrons. The minimum Gasteiger partial charge on any atom is -0.303 e. The Hall–Kier alpha value is -1.22. The normalized spacial score (nSPS) is 23.0. The van der Waals surface area contributed by atoms with E-state index in [4.69, 9.17) is 11.6 Å². The maximum absolute atomic E-state index is 13.1. The molecular formula is C18H26ClN3O4S. The minimum absolute atomic E-state index is 0.0518. The number of rotatable bonds is 6. The van der Waals surface area contributed by atoms with E-state index in [9.17, 15) is 18.5 Å². The molecule has 0 aliphatic carbocycles. The van der Waals surface area contributed by atoms with Crippen molar-refractivity contribution in [3.8, 4) is 0 Å². The summed E-state index contributed by atoms with van der Waals surface area (Å²) in [5.41, 5.74) is -0.379. The lowest BCUT2D eigenvalue weighted by Gasteiger charge is -2.32. The van der Waals surface area contributed by atoms with Crippen LogP contribution in [-0.2, 0) is 10.0 Å². The van der Waals surface area contributed by atoms with Crippen LogP contribution in [0, 0.1) is 16.0 Å². The summed E-state index contributed by atoms with van der Waals surface area (Å²) in [6.07, 6.45) is 4.83. The molecule has 2 saturated heterocycles. The average Bonchev–Trinajstić information content (AvgIpc) is 3.10. The molecular weight excluding hydrogens is 390 g/mol. The van der Waals surface area contributed by atoms with Gasteiger partial charge in [-0.3, -0.25) is 10.1 Å². The Morgan fingerprint density at radius 1 is 1.22 bits per heavy atom. The number of nitro benzene ring substituents is 1. The third-order valence-corrected chi connectivity index (χ3v) is 7.97. The van der Waals surface area contributed by atoms with Crippen molar-refractivity contribution >= 4 is 27.3 Å². The van der Waals surface area contributed by atoms with Gasteiger partial charge in [0.1, 0.15) is 5.02 Å².